The van der Waals surface area contributed by atoms with Crippen LogP contribution in [0.5, 0.6) is 5.75 Å². The summed E-state index contributed by atoms with van der Waals surface area (Å²) in [5, 5.41) is 25.5. The van der Waals surface area contributed by atoms with Crippen molar-refractivity contribution in [1.82, 2.24) is 15.4 Å². The van der Waals surface area contributed by atoms with Crippen molar-refractivity contribution < 1.29 is 9.84 Å². The molecule has 3 heterocycles. The van der Waals surface area contributed by atoms with Gasteiger partial charge in [0.2, 0.25) is 0 Å². The van der Waals surface area contributed by atoms with Gasteiger partial charge in [0.05, 0.1) is 24.6 Å². The lowest BCUT2D eigenvalue weighted by Crippen LogP contribution is -2.47. The molecule has 1 aromatic heterocycles. The second kappa shape index (κ2) is 9.08. The molecule has 2 aliphatic carbocycles. The largest absolute Gasteiger partial charge is 0.496 e. The minimum absolute atomic E-state index is 0.104. The predicted molar refractivity (Wildman–Crippen MR) is 132 cm³/mol. The molecule has 4 N–H and O–H groups in total. The maximum atomic E-state index is 10.5. The van der Waals surface area contributed by atoms with E-state index in [2.05, 4.69) is 14.7 Å². The molecule has 4 aliphatic rings. The van der Waals surface area contributed by atoms with Crippen LogP contribution in [0.1, 0.15) is 48.9 Å². The number of aliphatic hydroxyl groups excluding tert-OH is 1. The number of amidine groups is 1. The highest BCUT2D eigenvalue weighted by atomic mass is 32.2. The van der Waals surface area contributed by atoms with Crippen LogP contribution in [-0.4, -0.2) is 63.5 Å². The molecule has 33 heavy (non-hydrogen) atoms. The van der Waals surface area contributed by atoms with Gasteiger partial charge in [0.15, 0.2) is 5.84 Å². The van der Waals surface area contributed by atoms with E-state index in [0.717, 1.165) is 71.7 Å². The lowest BCUT2D eigenvalue weighted by atomic mass is 9.91. The lowest BCUT2D eigenvalue weighted by Gasteiger charge is -2.31. The van der Waals surface area contributed by atoms with Crippen LogP contribution in [0.4, 0.5) is 0 Å². The van der Waals surface area contributed by atoms with Crippen LogP contribution in [0.25, 0.3) is 0 Å². The highest BCUT2D eigenvalue weighted by molar-refractivity contribution is 7.98. The molecule has 1 aromatic rings. The zero-order valence-electron chi connectivity index (χ0n) is 19.3. The van der Waals surface area contributed by atoms with Gasteiger partial charge in [-0.25, -0.2) is 0 Å². The SMILES string of the molecule is COc1c(C)cnc(CN2N=C3CC(N[C@H]4CCCC[C@@H]4O)C4=C3C(=N2)C(N)=NSC4)c1C. The predicted octanol–water partition coefficient (Wildman–Crippen LogP) is 2.22. The molecule has 0 spiro atoms. The number of hydrogen-bond acceptors (Lipinski definition) is 10. The molecule has 1 saturated carbocycles. The Morgan fingerprint density at radius 1 is 1.27 bits per heavy atom. The summed E-state index contributed by atoms with van der Waals surface area (Å²) in [7, 11) is 1.67. The summed E-state index contributed by atoms with van der Waals surface area (Å²) in [6.07, 6.45) is 6.35. The molecule has 9 nitrogen and oxygen atoms in total. The average molecular weight is 470 g/mol. The van der Waals surface area contributed by atoms with E-state index in [0.29, 0.717) is 18.1 Å². The summed E-state index contributed by atoms with van der Waals surface area (Å²) in [5.41, 5.74) is 13.1. The summed E-state index contributed by atoms with van der Waals surface area (Å²) in [6.45, 7) is 4.40. The van der Waals surface area contributed by atoms with E-state index in [1.807, 2.05) is 20.0 Å². The van der Waals surface area contributed by atoms with Gasteiger partial charge < -0.3 is 20.9 Å². The number of nitrogens with one attached hydrogen (secondary N) is 1. The number of nitrogens with zero attached hydrogens (tertiary/aromatic N) is 5. The first-order chi connectivity index (χ1) is 16.0. The zero-order chi connectivity index (χ0) is 23.1. The quantitative estimate of drug-likeness (QED) is 0.566. The molecule has 0 amide bonds. The van der Waals surface area contributed by atoms with Crippen molar-refractivity contribution in [1.29, 1.82) is 0 Å². The molecule has 0 saturated heterocycles. The summed E-state index contributed by atoms with van der Waals surface area (Å²) >= 11 is 1.45. The Kier molecular flexibility index (Phi) is 6.15. The van der Waals surface area contributed by atoms with Crippen molar-refractivity contribution in [3.05, 3.63) is 34.2 Å². The molecular formula is C23H31N7O2S. The topological polar surface area (TPSA) is 121 Å². The molecular weight excluding hydrogens is 438 g/mol. The number of rotatable bonds is 5. The molecule has 5 rings (SSSR count). The van der Waals surface area contributed by atoms with Gasteiger partial charge in [0.25, 0.3) is 0 Å². The number of nitrogens with two attached hydrogens (primary N) is 1. The second-order valence-electron chi connectivity index (χ2n) is 9.10. The molecule has 1 fully saturated rings. The van der Waals surface area contributed by atoms with Crippen molar-refractivity contribution in [3.63, 3.8) is 0 Å². The van der Waals surface area contributed by atoms with E-state index in [-0.39, 0.29) is 18.2 Å². The van der Waals surface area contributed by atoms with Crippen molar-refractivity contribution in [2.24, 2.45) is 20.3 Å². The van der Waals surface area contributed by atoms with Crippen molar-refractivity contribution in [2.45, 2.75) is 70.7 Å². The van der Waals surface area contributed by atoms with E-state index in [1.165, 1.54) is 17.5 Å². The molecule has 0 aromatic carbocycles. The smallest absolute Gasteiger partial charge is 0.160 e. The Hall–Kier alpha value is -2.43. The first kappa shape index (κ1) is 22.4. The highest BCUT2D eigenvalue weighted by Crippen LogP contribution is 2.35. The molecule has 1 unspecified atom stereocenters. The van der Waals surface area contributed by atoms with Crippen LogP contribution >= 0.6 is 11.9 Å². The molecule has 3 atom stereocenters. The van der Waals surface area contributed by atoms with Gasteiger partial charge in [-0.05, 0) is 44.2 Å². The van der Waals surface area contributed by atoms with E-state index >= 15 is 0 Å². The minimum atomic E-state index is -0.302. The summed E-state index contributed by atoms with van der Waals surface area (Å²) in [5.74, 6) is 2.00. The summed E-state index contributed by atoms with van der Waals surface area (Å²) < 4.78 is 10.0. The van der Waals surface area contributed by atoms with Crippen LogP contribution in [0, 0.1) is 13.8 Å². The molecule has 176 valence electrons. The second-order valence-corrected chi connectivity index (χ2v) is 9.83. The minimum Gasteiger partial charge on any atom is -0.496 e. The van der Waals surface area contributed by atoms with Gasteiger partial charge in [-0.3, -0.25) is 4.98 Å². The number of ether oxygens (including phenoxy) is 1. The summed E-state index contributed by atoms with van der Waals surface area (Å²) in [6, 6.07) is 0.210. The van der Waals surface area contributed by atoms with Crippen LogP contribution in [0.3, 0.4) is 0 Å². The van der Waals surface area contributed by atoms with Crippen LogP contribution < -0.4 is 15.8 Å². The molecule has 2 aliphatic heterocycles. The highest BCUT2D eigenvalue weighted by Gasteiger charge is 2.40. The van der Waals surface area contributed by atoms with Gasteiger partial charge >= 0.3 is 0 Å². The van der Waals surface area contributed by atoms with Gasteiger partial charge in [-0.2, -0.15) is 19.7 Å². The third-order valence-electron chi connectivity index (χ3n) is 6.93. The maximum absolute atomic E-state index is 10.5. The van der Waals surface area contributed by atoms with E-state index in [1.54, 1.807) is 12.2 Å². The van der Waals surface area contributed by atoms with Crippen LogP contribution in [0.15, 0.2) is 31.9 Å². The standard InChI is InChI=1S/C23H31N7O2S/c1-12-9-25-18(13(2)22(12)32-3)10-30-27-17-8-16(26-15-6-4-5-7-19(15)31)14-11-33-29-23(24)21(28-30)20(14)17/h9,15-16,19,26,31H,4-8,10-11H2,1-3H3,(H2,24,29)/t15-,16?,19-/m0/s1. The number of pyridine rings is 1. The van der Waals surface area contributed by atoms with E-state index in [9.17, 15) is 5.11 Å². The lowest BCUT2D eigenvalue weighted by molar-refractivity contribution is 0.0876. The first-order valence-electron chi connectivity index (χ1n) is 11.5. The number of aryl methyl sites for hydroxylation is 1. The van der Waals surface area contributed by atoms with E-state index in [4.69, 9.17) is 20.7 Å². The Labute approximate surface area is 198 Å². The zero-order valence-corrected chi connectivity index (χ0v) is 20.2. The Morgan fingerprint density at radius 3 is 2.88 bits per heavy atom. The third kappa shape index (κ3) is 4.15. The Bertz CT molecular complexity index is 1080. The fraction of sp³-hybridized carbons (Fsp3) is 0.565. The number of aliphatic hydroxyl groups is 1. The monoisotopic (exact) mass is 469 g/mol. The van der Waals surface area contributed by atoms with Gasteiger partial charge in [0, 0.05) is 47.2 Å². The van der Waals surface area contributed by atoms with Crippen molar-refractivity contribution in [3.8, 4) is 5.75 Å². The number of methoxy groups -OCH3 is 1. The van der Waals surface area contributed by atoms with Gasteiger partial charge in [0.1, 0.15) is 18.0 Å². The number of hydrazone groups is 2. The van der Waals surface area contributed by atoms with Gasteiger partial charge in [-0.1, -0.05) is 12.8 Å². The molecule has 0 radical (unpaired) electrons. The Morgan fingerprint density at radius 2 is 2.09 bits per heavy atom. The fourth-order valence-corrected chi connectivity index (χ4v) is 5.99. The number of hydrogen-bond donors (Lipinski definition) is 3. The molecule has 0 bridgehead atoms. The molecule has 10 heteroatoms. The first-order valence-corrected chi connectivity index (χ1v) is 12.5. The normalized spacial score (nSPS) is 27.0. The fourth-order valence-electron chi connectivity index (χ4n) is 5.21. The third-order valence-corrected chi connectivity index (χ3v) is 7.69. The summed E-state index contributed by atoms with van der Waals surface area (Å²) in [4.78, 5) is 4.61. The van der Waals surface area contributed by atoms with Crippen molar-refractivity contribution >= 4 is 29.2 Å². The van der Waals surface area contributed by atoms with Crippen LogP contribution in [-0.2, 0) is 6.54 Å². The van der Waals surface area contributed by atoms with Gasteiger partial charge in [-0.15, -0.1) is 0 Å². The van der Waals surface area contributed by atoms with E-state index < -0.39 is 0 Å². The van der Waals surface area contributed by atoms with Crippen LogP contribution in [0.2, 0.25) is 0 Å². The number of aromatic nitrogens is 1. The average Bonchev–Trinajstić information content (AvgIpc) is 3.04. The Balaban J connectivity index is 1.45. The van der Waals surface area contributed by atoms with Crippen molar-refractivity contribution in [2.75, 3.05) is 12.9 Å². The maximum Gasteiger partial charge on any atom is 0.160 e.